The average molecular weight is 413 g/mol. The lowest BCUT2D eigenvalue weighted by Crippen LogP contribution is -2.56. The number of hydrogen-bond donors (Lipinski definition) is 4. The Balaban J connectivity index is 1.76. The molecule has 1 fully saturated rings. The summed E-state index contributed by atoms with van der Waals surface area (Å²) in [7, 11) is 1.63. The smallest absolute Gasteiger partial charge is 0.163 e. The molecule has 7 nitrogen and oxygen atoms in total. The Morgan fingerprint density at radius 1 is 1.00 bits per heavy atom. The molecule has 1 saturated heterocycles. The molecule has 30 heavy (non-hydrogen) atoms. The van der Waals surface area contributed by atoms with Gasteiger partial charge in [-0.05, 0) is 48.2 Å². The minimum absolute atomic E-state index is 0.460. The van der Waals surface area contributed by atoms with Gasteiger partial charge in [-0.3, -0.25) is 0 Å². The Morgan fingerprint density at radius 2 is 1.73 bits per heavy atom. The summed E-state index contributed by atoms with van der Waals surface area (Å²) in [6, 6.07) is 13.7. The van der Waals surface area contributed by atoms with Gasteiger partial charge >= 0.3 is 0 Å². The fourth-order valence-electron chi connectivity index (χ4n) is 4.21. The van der Waals surface area contributed by atoms with Crippen LogP contribution < -0.4 is 4.74 Å². The van der Waals surface area contributed by atoms with E-state index in [0.717, 1.165) is 33.3 Å². The van der Waals surface area contributed by atoms with Gasteiger partial charge in [0.2, 0.25) is 0 Å². The van der Waals surface area contributed by atoms with E-state index in [2.05, 4.69) is 0 Å². The highest BCUT2D eigenvalue weighted by Crippen LogP contribution is 2.35. The molecule has 5 atom stereocenters. The van der Waals surface area contributed by atoms with Crippen LogP contribution in [0.4, 0.5) is 0 Å². The number of hydrogen-bond acceptors (Lipinski definition) is 6. The first-order chi connectivity index (χ1) is 14.4. The summed E-state index contributed by atoms with van der Waals surface area (Å²) in [6.45, 7) is 1.57. The van der Waals surface area contributed by atoms with Crippen molar-refractivity contribution in [3.8, 4) is 5.75 Å². The van der Waals surface area contributed by atoms with Crippen molar-refractivity contribution in [3.05, 3.63) is 65.4 Å². The van der Waals surface area contributed by atoms with Crippen molar-refractivity contribution in [2.45, 2.75) is 44.0 Å². The lowest BCUT2D eigenvalue weighted by Gasteiger charge is -2.40. The molecular weight excluding hydrogens is 386 g/mol. The third-order valence-electron chi connectivity index (χ3n) is 5.84. The Bertz CT molecular complexity index is 1010. The van der Waals surface area contributed by atoms with Crippen molar-refractivity contribution in [1.29, 1.82) is 0 Å². The van der Waals surface area contributed by atoms with Gasteiger partial charge in [0, 0.05) is 11.6 Å². The molecule has 4 N–H and O–H groups in total. The molecule has 0 aliphatic carbocycles. The molecule has 3 aromatic rings. The van der Waals surface area contributed by atoms with E-state index >= 15 is 0 Å². The maximum absolute atomic E-state index is 10.6. The number of fused-ring (bicyclic) bond motifs is 1. The first-order valence-electron chi connectivity index (χ1n) is 9.97. The van der Waals surface area contributed by atoms with Crippen LogP contribution in [0.2, 0.25) is 0 Å². The standard InChI is InChI=1S/C23H27NO6/c1-13-4-3-5-17-19(13)15(10-14-6-8-16(29-2)9-7-14)11-24(17)23-22(28)21(27)20(26)18(12-25)30-23/h3-9,11,18,20-23,25-28H,10,12H2,1-2H3/t18-,20+,21+,22-,23-/m1/s1. The van der Waals surface area contributed by atoms with Gasteiger partial charge in [-0.1, -0.05) is 24.3 Å². The van der Waals surface area contributed by atoms with Crippen LogP contribution in [-0.2, 0) is 11.2 Å². The monoisotopic (exact) mass is 413 g/mol. The topological polar surface area (TPSA) is 104 Å². The normalized spacial score (nSPS) is 26.8. The molecule has 1 aliphatic heterocycles. The van der Waals surface area contributed by atoms with Crippen molar-refractivity contribution in [3.63, 3.8) is 0 Å². The fraction of sp³-hybridized carbons (Fsp3) is 0.391. The van der Waals surface area contributed by atoms with Crippen LogP contribution in [-0.4, -0.2) is 63.1 Å². The highest BCUT2D eigenvalue weighted by Gasteiger charge is 2.44. The lowest BCUT2D eigenvalue weighted by molar-refractivity contribution is -0.250. The zero-order chi connectivity index (χ0) is 21.4. The van der Waals surface area contributed by atoms with E-state index in [1.165, 1.54) is 0 Å². The van der Waals surface area contributed by atoms with Gasteiger partial charge in [-0.15, -0.1) is 0 Å². The second-order valence-electron chi connectivity index (χ2n) is 7.77. The van der Waals surface area contributed by atoms with Gasteiger partial charge < -0.3 is 34.5 Å². The van der Waals surface area contributed by atoms with Crippen LogP contribution in [0.15, 0.2) is 48.7 Å². The number of nitrogens with zero attached hydrogens (tertiary/aromatic N) is 1. The maximum atomic E-state index is 10.6. The number of aliphatic hydroxyl groups is 4. The third kappa shape index (κ3) is 3.59. The van der Waals surface area contributed by atoms with E-state index in [-0.39, 0.29) is 0 Å². The zero-order valence-corrected chi connectivity index (χ0v) is 17.0. The van der Waals surface area contributed by atoms with Crippen LogP contribution in [0.5, 0.6) is 5.75 Å². The van der Waals surface area contributed by atoms with E-state index in [0.29, 0.717) is 6.42 Å². The Labute approximate surface area is 174 Å². The Morgan fingerprint density at radius 3 is 2.40 bits per heavy atom. The number of aryl methyl sites for hydroxylation is 1. The van der Waals surface area contributed by atoms with Crippen LogP contribution in [0.1, 0.15) is 22.9 Å². The quantitative estimate of drug-likeness (QED) is 0.506. The van der Waals surface area contributed by atoms with Crippen molar-refractivity contribution in [2.24, 2.45) is 0 Å². The highest BCUT2D eigenvalue weighted by molar-refractivity contribution is 5.87. The lowest BCUT2D eigenvalue weighted by atomic mass is 9.98. The van der Waals surface area contributed by atoms with Crippen LogP contribution in [0.25, 0.3) is 10.9 Å². The second kappa shape index (κ2) is 8.37. The number of benzene rings is 2. The van der Waals surface area contributed by atoms with Crippen molar-refractivity contribution < 1.29 is 29.9 Å². The van der Waals surface area contributed by atoms with E-state index in [1.54, 1.807) is 11.7 Å². The zero-order valence-electron chi connectivity index (χ0n) is 17.0. The van der Waals surface area contributed by atoms with E-state index < -0.39 is 37.3 Å². The van der Waals surface area contributed by atoms with Crippen molar-refractivity contribution >= 4 is 10.9 Å². The Kier molecular flexibility index (Phi) is 5.81. The summed E-state index contributed by atoms with van der Waals surface area (Å²) in [6.07, 6.45) is -3.47. The summed E-state index contributed by atoms with van der Waals surface area (Å²) in [5, 5.41) is 41.5. The first kappa shape index (κ1) is 20.8. The molecule has 2 heterocycles. The van der Waals surface area contributed by atoms with E-state index in [9.17, 15) is 20.4 Å². The molecule has 0 saturated carbocycles. The summed E-state index contributed by atoms with van der Waals surface area (Å²) in [4.78, 5) is 0. The molecule has 4 rings (SSSR count). The molecule has 0 amide bonds. The van der Waals surface area contributed by atoms with Gasteiger partial charge in [0.25, 0.3) is 0 Å². The summed E-state index contributed by atoms with van der Waals surface area (Å²) in [5.41, 5.74) is 4.08. The predicted octanol–water partition coefficient (Wildman–Crippen LogP) is 1.52. The molecule has 2 aromatic carbocycles. The molecule has 0 unspecified atom stereocenters. The summed E-state index contributed by atoms with van der Waals surface area (Å²) in [5.74, 6) is 0.790. The summed E-state index contributed by atoms with van der Waals surface area (Å²) < 4.78 is 12.8. The van der Waals surface area contributed by atoms with Gasteiger partial charge in [-0.25, -0.2) is 0 Å². The van der Waals surface area contributed by atoms with E-state index in [4.69, 9.17) is 9.47 Å². The fourth-order valence-corrected chi connectivity index (χ4v) is 4.21. The van der Waals surface area contributed by atoms with E-state index in [1.807, 2.05) is 55.6 Å². The number of rotatable bonds is 5. The molecule has 0 bridgehead atoms. The molecule has 0 spiro atoms. The largest absolute Gasteiger partial charge is 0.497 e. The number of ether oxygens (including phenoxy) is 2. The predicted molar refractivity (Wildman–Crippen MR) is 111 cm³/mol. The number of aromatic nitrogens is 1. The van der Waals surface area contributed by atoms with Gasteiger partial charge in [0.15, 0.2) is 6.23 Å². The number of aliphatic hydroxyl groups excluding tert-OH is 4. The van der Waals surface area contributed by atoms with Crippen molar-refractivity contribution in [2.75, 3.05) is 13.7 Å². The SMILES string of the molecule is COc1ccc(Cc2cn([C@@H]3O[C@H](CO)[C@H](O)[C@H](O)[C@H]3O)c3cccc(C)c23)cc1. The third-order valence-corrected chi connectivity index (χ3v) is 5.84. The maximum Gasteiger partial charge on any atom is 0.163 e. The van der Waals surface area contributed by atoms with Crippen LogP contribution in [0.3, 0.4) is 0 Å². The van der Waals surface area contributed by atoms with Gasteiger partial charge in [0.1, 0.15) is 30.2 Å². The van der Waals surface area contributed by atoms with Crippen LogP contribution in [0, 0.1) is 6.92 Å². The Hall–Kier alpha value is -2.42. The molecule has 0 radical (unpaired) electrons. The molecule has 1 aliphatic rings. The highest BCUT2D eigenvalue weighted by atomic mass is 16.6. The van der Waals surface area contributed by atoms with Crippen LogP contribution >= 0.6 is 0 Å². The van der Waals surface area contributed by atoms with Gasteiger partial charge in [-0.2, -0.15) is 0 Å². The molecule has 160 valence electrons. The first-order valence-corrected chi connectivity index (χ1v) is 9.97. The minimum Gasteiger partial charge on any atom is -0.497 e. The summed E-state index contributed by atoms with van der Waals surface area (Å²) >= 11 is 0. The molecule has 1 aromatic heterocycles. The minimum atomic E-state index is -1.42. The van der Waals surface area contributed by atoms with Crippen molar-refractivity contribution in [1.82, 2.24) is 4.57 Å². The molecule has 7 heteroatoms. The van der Waals surface area contributed by atoms with Gasteiger partial charge in [0.05, 0.1) is 19.2 Å². The molecular formula is C23H27NO6. The average Bonchev–Trinajstić information content (AvgIpc) is 3.12. The second-order valence-corrected chi connectivity index (χ2v) is 7.77. The number of methoxy groups -OCH3 is 1.